The zero-order valence-electron chi connectivity index (χ0n) is 15.3. The van der Waals surface area contributed by atoms with Gasteiger partial charge in [-0.1, -0.05) is 0 Å². The number of nitrogens with two attached hydrogens (primary N) is 2. The van der Waals surface area contributed by atoms with E-state index in [4.69, 9.17) is 11.5 Å². The number of rotatable bonds is 3. The summed E-state index contributed by atoms with van der Waals surface area (Å²) in [6.07, 6.45) is 3.69. The van der Waals surface area contributed by atoms with Crippen LogP contribution in [-0.4, -0.2) is 28.4 Å². The normalized spacial score (nSPS) is 13.1. The molecule has 7 nitrogen and oxygen atoms in total. The maximum atomic E-state index is 13.8. The maximum absolute atomic E-state index is 13.8. The number of aromatic nitrogens is 1. The first kappa shape index (κ1) is 18.9. The van der Waals surface area contributed by atoms with Crippen molar-refractivity contribution < 1.29 is 14.0 Å². The fraction of sp³-hybridized carbons (Fsp3) is 0.150. The number of carbonyl (C=O) groups is 2. The largest absolute Gasteiger partial charge is 0.398 e. The first-order valence-corrected chi connectivity index (χ1v) is 9.71. The molecule has 3 aromatic rings. The molecule has 0 aliphatic carbocycles. The molecule has 0 bridgehead atoms. The zero-order chi connectivity index (χ0) is 20.5. The lowest BCUT2D eigenvalue weighted by molar-refractivity contribution is 0.100. The molecule has 1 aromatic carbocycles. The van der Waals surface area contributed by atoms with E-state index in [1.807, 2.05) is 0 Å². The number of nitrogen functional groups attached to an aromatic ring is 1. The van der Waals surface area contributed by atoms with Gasteiger partial charge in [0.05, 0.1) is 18.4 Å². The molecule has 1 aliphatic rings. The van der Waals surface area contributed by atoms with E-state index in [1.165, 1.54) is 29.5 Å². The van der Waals surface area contributed by atoms with Crippen LogP contribution >= 0.6 is 11.3 Å². The Labute approximate surface area is 170 Å². The Balaban J connectivity index is 1.67. The van der Waals surface area contributed by atoms with Crippen LogP contribution < -0.4 is 16.8 Å². The van der Waals surface area contributed by atoms with Crippen molar-refractivity contribution in [3.8, 4) is 11.1 Å². The van der Waals surface area contributed by atoms with E-state index >= 15 is 0 Å². The van der Waals surface area contributed by atoms with Gasteiger partial charge in [0.15, 0.2) is 0 Å². The summed E-state index contributed by atoms with van der Waals surface area (Å²) in [5, 5.41) is 2.80. The van der Waals surface area contributed by atoms with Crippen LogP contribution in [0.5, 0.6) is 0 Å². The molecule has 9 heteroatoms. The Hall–Kier alpha value is -3.46. The van der Waals surface area contributed by atoms with Gasteiger partial charge in [-0.05, 0) is 42.3 Å². The van der Waals surface area contributed by atoms with Gasteiger partial charge in [0.25, 0.3) is 5.91 Å². The minimum absolute atomic E-state index is 0.260. The summed E-state index contributed by atoms with van der Waals surface area (Å²) in [5.74, 6) is -1.05. The van der Waals surface area contributed by atoms with Gasteiger partial charge in [0.2, 0.25) is 0 Å². The van der Waals surface area contributed by atoms with Crippen LogP contribution in [0, 0.1) is 5.82 Å². The van der Waals surface area contributed by atoms with E-state index in [0.717, 1.165) is 10.4 Å². The van der Waals surface area contributed by atoms with Gasteiger partial charge in [-0.2, -0.15) is 0 Å². The minimum atomic E-state index is -0.602. The molecule has 0 radical (unpaired) electrons. The topological polar surface area (TPSA) is 114 Å². The van der Waals surface area contributed by atoms with E-state index in [-0.39, 0.29) is 6.03 Å². The standard InChI is InChI=1S/C20H18FN5O2S/c21-11-3-4-15(22)14(8-11)17-13-5-7-26(10-16(13)29-18(17)19(23)27)20(28)25-12-2-1-6-24-9-12/h1-4,6,8-9H,5,7,10,22H2,(H2,23,27)(H,25,28). The molecular formula is C20H18FN5O2S. The summed E-state index contributed by atoms with van der Waals surface area (Å²) in [5.41, 5.74) is 14.5. The fourth-order valence-electron chi connectivity index (χ4n) is 3.42. The third-order valence-electron chi connectivity index (χ3n) is 4.77. The second kappa shape index (κ2) is 7.51. The highest BCUT2D eigenvalue weighted by Gasteiger charge is 2.30. The Morgan fingerprint density at radius 2 is 2.10 bits per heavy atom. The number of anilines is 2. The fourth-order valence-corrected chi connectivity index (χ4v) is 4.65. The molecule has 1 aliphatic heterocycles. The van der Waals surface area contributed by atoms with E-state index < -0.39 is 11.7 Å². The van der Waals surface area contributed by atoms with E-state index in [9.17, 15) is 14.0 Å². The number of pyridine rings is 1. The molecule has 4 rings (SSSR count). The second-order valence-electron chi connectivity index (χ2n) is 6.65. The quantitative estimate of drug-likeness (QED) is 0.574. The number of thiophene rings is 1. The summed E-state index contributed by atoms with van der Waals surface area (Å²) in [6, 6.07) is 7.28. The number of amides is 3. The summed E-state index contributed by atoms with van der Waals surface area (Å²) in [6.45, 7) is 0.762. The maximum Gasteiger partial charge on any atom is 0.322 e. The SMILES string of the molecule is NC(=O)c1sc2c(c1-c1cc(F)ccc1N)CCN(C(=O)Nc1cccnc1)C2. The van der Waals surface area contributed by atoms with Crippen LogP contribution in [-0.2, 0) is 13.0 Å². The van der Waals surface area contributed by atoms with Crippen molar-refractivity contribution in [2.24, 2.45) is 5.73 Å². The predicted molar refractivity (Wildman–Crippen MR) is 110 cm³/mol. The van der Waals surface area contributed by atoms with Crippen LogP contribution in [0.2, 0.25) is 0 Å². The first-order valence-electron chi connectivity index (χ1n) is 8.89. The van der Waals surface area contributed by atoms with E-state index in [1.54, 1.807) is 29.4 Å². The summed E-state index contributed by atoms with van der Waals surface area (Å²) in [4.78, 5) is 31.5. The van der Waals surface area contributed by atoms with Gasteiger partial charge in [-0.15, -0.1) is 11.3 Å². The second-order valence-corrected chi connectivity index (χ2v) is 7.75. The molecule has 0 spiro atoms. The molecule has 29 heavy (non-hydrogen) atoms. The Morgan fingerprint density at radius 1 is 1.28 bits per heavy atom. The number of primary amides is 1. The molecule has 0 saturated heterocycles. The van der Waals surface area contributed by atoms with Crippen LogP contribution in [0.25, 0.3) is 11.1 Å². The van der Waals surface area contributed by atoms with Crippen LogP contribution in [0.15, 0.2) is 42.7 Å². The number of hydrogen-bond acceptors (Lipinski definition) is 5. The highest BCUT2D eigenvalue weighted by atomic mass is 32.1. The molecular weight excluding hydrogens is 393 g/mol. The smallest absolute Gasteiger partial charge is 0.322 e. The lowest BCUT2D eigenvalue weighted by Crippen LogP contribution is -2.38. The predicted octanol–water partition coefficient (Wildman–Crippen LogP) is 3.22. The number of halogens is 1. The molecule has 0 unspecified atom stereocenters. The highest BCUT2D eigenvalue weighted by molar-refractivity contribution is 7.14. The van der Waals surface area contributed by atoms with Crippen LogP contribution in [0.4, 0.5) is 20.6 Å². The van der Waals surface area contributed by atoms with Gasteiger partial charge in [-0.3, -0.25) is 9.78 Å². The lowest BCUT2D eigenvalue weighted by atomic mass is 9.94. The number of fused-ring (bicyclic) bond motifs is 1. The van der Waals surface area contributed by atoms with Crippen molar-refractivity contribution in [2.75, 3.05) is 17.6 Å². The highest BCUT2D eigenvalue weighted by Crippen LogP contribution is 2.42. The number of benzene rings is 1. The Kier molecular flexibility index (Phi) is 4.89. The van der Waals surface area contributed by atoms with Crippen LogP contribution in [0.3, 0.4) is 0 Å². The zero-order valence-corrected chi connectivity index (χ0v) is 16.1. The molecule has 148 valence electrons. The van der Waals surface area contributed by atoms with Crippen molar-refractivity contribution in [1.29, 1.82) is 0 Å². The first-order chi connectivity index (χ1) is 13.9. The van der Waals surface area contributed by atoms with Crippen molar-refractivity contribution in [2.45, 2.75) is 13.0 Å². The number of hydrogen-bond donors (Lipinski definition) is 3. The summed E-state index contributed by atoms with van der Waals surface area (Å²) < 4.78 is 13.8. The Bertz CT molecular complexity index is 1100. The number of nitrogens with one attached hydrogen (secondary N) is 1. The molecule has 2 aromatic heterocycles. The number of urea groups is 1. The average molecular weight is 411 g/mol. The van der Waals surface area contributed by atoms with Gasteiger partial charge in [0, 0.05) is 34.4 Å². The Morgan fingerprint density at radius 3 is 2.83 bits per heavy atom. The monoisotopic (exact) mass is 411 g/mol. The third kappa shape index (κ3) is 3.64. The van der Waals surface area contributed by atoms with Gasteiger partial charge < -0.3 is 21.7 Å². The summed E-state index contributed by atoms with van der Waals surface area (Å²) in [7, 11) is 0. The van der Waals surface area contributed by atoms with Crippen LogP contribution in [0.1, 0.15) is 20.1 Å². The molecule has 0 fully saturated rings. The molecule has 3 amide bonds. The van der Waals surface area contributed by atoms with Crippen molar-refractivity contribution in [3.05, 3.63) is 63.9 Å². The summed E-state index contributed by atoms with van der Waals surface area (Å²) >= 11 is 1.22. The van der Waals surface area contributed by atoms with E-state index in [2.05, 4.69) is 10.3 Å². The van der Waals surface area contributed by atoms with Gasteiger partial charge in [-0.25, -0.2) is 9.18 Å². The van der Waals surface area contributed by atoms with Gasteiger partial charge in [0.1, 0.15) is 10.7 Å². The number of nitrogens with zero attached hydrogens (tertiary/aromatic N) is 2. The lowest BCUT2D eigenvalue weighted by Gasteiger charge is -2.27. The molecule has 0 saturated carbocycles. The third-order valence-corrected chi connectivity index (χ3v) is 6.00. The molecule has 0 atom stereocenters. The number of carbonyl (C=O) groups excluding carboxylic acids is 2. The molecule has 3 heterocycles. The molecule has 5 N–H and O–H groups in total. The minimum Gasteiger partial charge on any atom is -0.398 e. The van der Waals surface area contributed by atoms with Crippen molar-refractivity contribution in [3.63, 3.8) is 0 Å². The van der Waals surface area contributed by atoms with Gasteiger partial charge >= 0.3 is 6.03 Å². The van der Waals surface area contributed by atoms with Crippen molar-refractivity contribution in [1.82, 2.24) is 9.88 Å². The average Bonchev–Trinajstić information content (AvgIpc) is 3.09. The van der Waals surface area contributed by atoms with Crippen molar-refractivity contribution >= 4 is 34.6 Å². The van der Waals surface area contributed by atoms with E-state index in [0.29, 0.717) is 46.9 Å².